The van der Waals surface area contributed by atoms with Crippen LogP contribution in [0.15, 0.2) is 52.5 Å². The van der Waals surface area contributed by atoms with E-state index in [2.05, 4.69) is 38.8 Å². The summed E-state index contributed by atoms with van der Waals surface area (Å²) in [7, 11) is -3.72. The van der Waals surface area contributed by atoms with Crippen LogP contribution >= 0.6 is 0 Å². The zero-order valence-corrected chi connectivity index (χ0v) is 17.1. The molecule has 0 saturated heterocycles. The van der Waals surface area contributed by atoms with Crippen LogP contribution in [0.4, 0.5) is 0 Å². The van der Waals surface area contributed by atoms with Crippen molar-refractivity contribution in [2.75, 3.05) is 6.61 Å². The molecule has 0 amide bonds. The summed E-state index contributed by atoms with van der Waals surface area (Å²) in [4.78, 5) is 0.176. The lowest BCUT2D eigenvalue weighted by Gasteiger charge is -2.10. The van der Waals surface area contributed by atoms with Crippen LogP contribution in [0.3, 0.4) is 0 Å². The molecular weight excluding hydrogens is 344 g/mol. The van der Waals surface area contributed by atoms with Gasteiger partial charge in [-0.2, -0.15) is 8.42 Å². The van der Waals surface area contributed by atoms with Gasteiger partial charge in [0.05, 0.1) is 11.5 Å². The van der Waals surface area contributed by atoms with Crippen molar-refractivity contribution < 1.29 is 12.6 Å². The van der Waals surface area contributed by atoms with Gasteiger partial charge in [0.25, 0.3) is 10.1 Å². The third-order valence-corrected chi connectivity index (χ3v) is 5.42. The van der Waals surface area contributed by atoms with E-state index in [1.54, 1.807) is 24.3 Å². The molecule has 0 bridgehead atoms. The van der Waals surface area contributed by atoms with Crippen LogP contribution in [-0.4, -0.2) is 15.0 Å². The zero-order valence-electron chi connectivity index (χ0n) is 16.3. The molecule has 0 fully saturated rings. The number of allylic oxidation sites excluding steroid dienone is 4. The molecule has 0 aliphatic heterocycles. The molecule has 26 heavy (non-hydrogen) atoms. The van der Waals surface area contributed by atoms with Crippen molar-refractivity contribution in [1.29, 1.82) is 0 Å². The number of terminal acetylenes is 1. The summed E-state index contributed by atoms with van der Waals surface area (Å²) in [5, 5.41) is 0. The van der Waals surface area contributed by atoms with Gasteiger partial charge in [0.2, 0.25) is 0 Å². The third-order valence-electron chi connectivity index (χ3n) is 4.09. The van der Waals surface area contributed by atoms with Crippen LogP contribution in [0.25, 0.3) is 0 Å². The fourth-order valence-electron chi connectivity index (χ4n) is 2.38. The summed E-state index contributed by atoms with van der Waals surface area (Å²) in [6, 6.07) is 6.62. The van der Waals surface area contributed by atoms with Crippen molar-refractivity contribution in [3.8, 4) is 12.3 Å². The van der Waals surface area contributed by atoms with Gasteiger partial charge in [0.1, 0.15) is 0 Å². The topological polar surface area (TPSA) is 43.4 Å². The van der Waals surface area contributed by atoms with Gasteiger partial charge in [-0.3, -0.25) is 4.18 Å². The summed E-state index contributed by atoms with van der Waals surface area (Å²) >= 11 is 0. The van der Waals surface area contributed by atoms with E-state index < -0.39 is 10.1 Å². The van der Waals surface area contributed by atoms with Crippen molar-refractivity contribution in [2.24, 2.45) is 5.92 Å². The van der Waals surface area contributed by atoms with Gasteiger partial charge in [0.15, 0.2) is 0 Å². The second-order valence-corrected chi connectivity index (χ2v) is 8.46. The Labute approximate surface area is 159 Å². The fourth-order valence-corrected chi connectivity index (χ4v) is 3.30. The zero-order chi connectivity index (χ0) is 19.6. The van der Waals surface area contributed by atoms with Crippen molar-refractivity contribution in [3.63, 3.8) is 0 Å². The van der Waals surface area contributed by atoms with Crippen molar-refractivity contribution in [1.82, 2.24) is 0 Å². The molecule has 0 saturated carbocycles. The van der Waals surface area contributed by atoms with Gasteiger partial charge in [0, 0.05) is 5.92 Å². The number of benzene rings is 1. The number of hydrogen-bond donors (Lipinski definition) is 0. The lowest BCUT2D eigenvalue weighted by Crippen LogP contribution is -2.10. The summed E-state index contributed by atoms with van der Waals surface area (Å²) < 4.78 is 29.5. The van der Waals surface area contributed by atoms with Crippen LogP contribution in [0.2, 0.25) is 0 Å². The highest BCUT2D eigenvalue weighted by Gasteiger charge is 2.15. The quantitative estimate of drug-likeness (QED) is 0.312. The molecular formula is C22H30O3S. The summed E-state index contributed by atoms with van der Waals surface area (Å²) in [5.74, 6) is 2.71. The summed E-state index contributed by atoms with van der Waals surface area (Å²) in [6.45, 7) is 8.29. The molecule has 1 rings (SSSR count). The van der Waals surface area contributed by atoms with E-state index in [-0.39, 0.29) is 17.4 Å². The van der Waals surface area contributed by atoms with Gasteiger partial charge in [-0.1, -0.05) is 41.0 Å². The first kappa shape index (κ1) is 22.2. The molecule has 0 spiro atoms. The van der Waals surface area contributed by atoms with E-state index in [1.165, 1.54) is 11.1 Å². The first-order valence-corrected chi connectivity index (χ1v) is 10.4. The molecule has 1 aromatic rings. The van der Waals surface area contributed by atoms with Crippen molar-refractivity contribution >= 4 is 10.1 Å². The van der Waals surface area contributed by atoms with Gasteiger partial charge in [-0.05, 0) is 65.5 Å². The van der Waals surface area contributed by atoms with E-state index in [0.29, 0.717) is 6.42 Å². The van der Waals surface area contributed by atoms with E-state index >= 15 is 0 Å². The number of aryl methyl sites for hydroxylation is 1. The van der Waals surface area contributed by atoms with Crippen LogP contribution in [0, 0.1) is 25.2 Å². The SMILES string of the molecule is C#CC(C/C=C(\C)CCC=C(C)C)CCOS(=O)(=O)c1ccc(C)cc1. The Balaban J connectivity index is 2.47. The average molecular weight is 375 g/mol. The molecule has 1 aromatic carbocycles. The Kier molecular flexibility index (Phi) is 9.40. The fraction of sp³-hybridized carbons (Fsp3) is 0.455. The molecule has 0 aliphatic carbocycles. The maximum atomic E-state index is 12.2. The maximum Gasteiger partial charge on any atom is 0.296 e. The maximum absolute atomic E-state index is 12.2. The molecule has 0 aromatic heterocycles. The molecule has 0 radical (unpaired) electrons. The highest BCUT2D eigenvalue weighted by Crippen LogP contribution is 2.17. The monoisotopic (exact) mass is 374 g/mol. The minimum atomic E-state index is -3.72. The molecule has 1 atom stereocenters. The minimum absolute atomic E-state index is 0.0263. The Morgan fingerprint density at radius 1 is 1.19 bits per heavy atom. The van der Waals surface area contributed by atoms with Gasteiger partial charge in [-0.15, -0.1) is 12.3 Å². The normalized spacial score (nSPS) is 13.1. The lowest BCUT2D eigenvalue weighted by atomic mass is 10.00. The van der Waals surface area contributed by atoms with Crippen LogP contribution in [0.5, 0.6) is 0 Å². The first-order chi connectivity index (χ1) is 12.2. The second-order valence-electron chi connectivity index (χ2n) is 6.85. The van der Waals surface area contributed by atoms with E-state index in [4.69, 9.17) is 10.6 Å². The highest BCUT2D eigenvalue weighted by atomic mass is 32.2. The Morgan fingerprint density at radius 3 is 2.42 bits per heavy atom. The molecule has 0 heterocycles. The molecule has 4 heteroatoms. The van der Waals surface area contributed by atoms with E-state index in [1.807, 2.05) is 6.92 Å². The third kappa shape index (κ3) is 8.51. The second kappa shape index (κ2) is 11.0. The standard InChI is InChI=1S/C22H30O3S/c1-6-21(13-10-19(4)9-7-8-18(2)3)16-17-25-26(23,24)22-14-11-20(5)12-15-22/h1,8,10-12,14-15,21H,7,9,13,16-17H2,2-5H3/b19-10+. The largest absolute Gasteiger partial charge is 0.296 e. The summed E-state index contributed by atoms with van der Waals surface area (Å²) in [6.07, 6.45) is 13.3. The minimum Gasteiger partial charge on any atom is -0.266 e. The Morgan fingerprint density at radius 2 is 1.85 bits per heavy atom. The van der Waals surface area contributed by atoms with Crippen molar-refractivity contribution in [3.05, 3.63) is 53.1 Å². The highest BCUT2D eigenvalue weighted by molar-refractivity contribution is 7.86. The molecule has 142 valence electrons. The smallest absolute Gasteiger partial charge is 0.266 e. The Hall–Kier alpha value is -1.83. The lowest BCUT2D eigenvalue weighted by molar-refractivity contribution is 0.297. The predicted molar refractivity (Wildman–Crippen MR) is 108 cm³/mol. The van der Waals surface area contributed by atoms with Crippen LogP contribution in [0.1, 0.15) is 52.0 Å². The molecule has 1 unspecified atom stereocenters. The van der Waals surface area contributed by atoms with Crippen LogP contribution < -0.4 is 0 Å². The van der Waals surface area contributed by atoms with Gasteiger partial charge in [-0.25, -0.2) is 0 Å². The van der Waals surface area contributed by atoms with E-state index in [9.17, 15) is 8.42 Å². The Bertz CT molecular complexity index is 759. The number of rotatable bonds is 10. The molecule has 0 aliphatic rings. The average Bonchev–Trinajstić information content (AvgIpc) is 2.57. The van der Waals surface area contributed by atoms with Crippen molar-refractivity contribution in [2.45, 2.75) is 58.3 Å². The first-order valence-electron chi connectivity index (χ1n) is 8.96. The molecule has 0 N–H and O–H groups in total. The van der Waals surface area contributed by atoms with E-state index in [0.717, 1.165) is 24.8 Å². The summed E-state index contributed by atoms with van der Waals surface area (Å²) in [5.41, 5.74) is 3.63. The van der Waals surface area contributed by atoms with Gasteiger partial charge < -0.3 is 0 Å². The van der Waals surface area contributed by atoms with Crippen LogP contribution in [-0.2, 0) is 14.3 Å². The molecule has 3 nitrogen and oxygen atoms in total. The predicted octanol–water partition coefficient (Wildman–Crippen LogP) is 5.42. The number of hydrogen-bond acceptors (Lipinski definition) is 3. The van der Waals surface area contributed by atoms with Gasteiger partial charge >= 0.3 is 0 Å².